The molecule has 0 unspecified atom stereocenters. The lowest BCUT2D eigenvalue weighted by Gasteiger charge is -2.14. The maximum absolute atomic E-state index is 3.40. The lowest BCUT2D eigenvalue weighted by Crippen LogP contribution is -1.92. The molecule has 0 fully saturated rings. The molecule has 3 aromatic carbocycles. The van der Waals surface area contributed by atoms with Gasteiger partial charge < -0.3 is 0 Å². The predicted molar refractivity (Wildman–Crippen MR) is 85.5 cm³/mol. The molecule has 0 spiro atoms. The summed E-state index contributed by atoms with van der Waals surface area (Å²) in [6, 6.07) is 28.8. The van der Waals surface area contributed by atoms with E-state index in [-0.39, 0.29) is 0 Å². The molecule has 0 aromatic heterocycles. The lowest BCUT2D eigenvalue weighted by molar-refractivity contribution is 1.14. The van der Waals surface area contributed by atoms with Crippen molar-refractivity contribution in [2.24, 2.45) is 0 Å². The predicted octanol–water partition coefficient (Wildman–Crippen LogP) is 5.38. The highest BCUT2D eigenvalue weighted by molar-refractivity contribution is 5.85. The average Bonchev–Trinajstić information content (AvgIpc) is 2.55. The van der Waals surface area contributed by atoms with Gasteiger partial charge in [0.1, 0.15) is 0 Å². The van der Waals surface area contributed by atoms with Crippen molar-refractivity contribution >= 4 is 0 Å². The summed E-state index contributed by atoms with van der Waals surface area (Å²) in [5, 5.41) is 0. The highest BCUT2D eigenvalue weighted by atomic mass is 14.1. The van der Waals surface area contributed by atoms with Gasteiger partial charge in [0.05, 0.1) is 0 Å². The monoisotopic (exact) mass is 257 g/mol. The number of hydrogen-bond acceptors (Lipinski definition) is 0. The summed E-state index contributed by atoms with van der Waals surface area (Å²) < 4.78 is 0. The lowest BCUT2D eigenvalue weighted by atomic mass is 9.90. The van der Waals surface area contributed by atoms with Crippen LogP contribution in [0.25, 0.3) is 22.3 Å². The molecule has 20 heavy (non-hydrogen) atoms. The zero-order valence-electron chi connectivity index (χ0n) is 11.6. The molecular formula is C20H17. The SMILES string of the molecule is CCc1[c]ccc(-c2ccccc2)c1-c1ccccc1. The van der Waals surface area contributed by atoms with E-state index in [4.69, 9.17) is 0 Å². The molecule has 0 aliphatic carbocycles. The van der Waals surface area contributed by atoms with Crippen molar-refractivity contribution < 1.29 is 0 Å². The van der Waals surface area contributed by atoms with Crippen molar-refractivity contribution in [3.8, 4) is 22.3 Å². The minimum Gasteiger partial charge on any atom is -0.0622 e. The molecule has 0 aliphatic rings. The van der Waals surface area contributed by atoms with Gasteiger partial charge in [-0.25, -0.2) is 0 Å². The zero-order chi connectivity index (χ0) is 13.8. The molecule has 0 nitrogen and oxygen atoms in total. The van der Waals surface area contributed by atoms with E-state index in [0.29, 0.717) is 0 Å². The van der Waals surface area contributed by atoms with Gasteiger partial charge in [0.2, 0.25) is 0 Å². The molecule has 0 saturated heterocycles. The number of aryl methyl sites for hydroxylation is 1. The third-order valence-electron chi connectivity index (χ3n) is 3.58. The van der Waals surface area contributed by atoms with E-state index in [9.17, 15) is 0 Å². The molecule has 3 rings (SSSR count). The van der Waals surface area contributed by atoms with Crippen LogP contribution in [-0.2, 0) is 6.42 Å². The fraction of sp³-hybridized carbons (Fsp3) is 0.100. The standard InChI is InChI=1S/C20H17/c1-2-16-14-9-15-19(17-10-5-3-6-11-17)20(16)18-12-7-4-8-13-18/h3-13,15H,2H2,1H3. The van der Waals surface area contributed by atoms with Crippen LogP contribution in [0.3, 0.4) is 0 Å². The molecule has 0 heteroatoms. The molecule has 0 atom stereocenters. The average molecular weight is 257 g/mol. The molecule has 0 N–H and O–H groups in total. The normalized spacial score (nSPS) is 10.4. The van der Waals surface area contributed by atoms with Crippen LogP contribution in [0.5, 0.6) is 0 Å². The first-order chi connectivity index (χ1) is 9.90. The Kier molecular flexibility index (Phi) is 3.64. The van der Waals surface area contributed by atoms with Gasteiger partial charge in [-0.3, -0.25) is 0 Å². The Morgan fingerprint density at radius 2 is 1.35 bits per heavy atom. The quantitative estimate of drug-likeness (QED) is 0.590. The minimum absolute atomic E-state index is 0.991. The fourth-order valence-electron chi connectivity index (χ4n) is 2.62. The van der Waals surface area contributed by atoms with Crippen molar-refractivity contribution in [2.45, 2.75) is 13.3 Å². The van der Waals surface area contributed by atoms with Gasteiger partial charge in [-0.1, -0.05) is 79.7 Å². The first-order valence-corrected chi connectivity index (χ1v) is 7.04. The van der Waals surface area contributed by atoms with Crippen LogP contribution in [-0.4, -0.2) is 0 Å². The van der Waals surface area contributed by atoms with Crippen molar-refractivity contribution in [3.63, 3.8) is 0 Å². The Balaban J connectivity index is 2.26. The van der Waals surface area contributed by atoms with E-state index < -0.39 is 0 Å². The summed E-state index contributed by atoms with van der Waals surface area (Å²) in [7, 11) is 0. The van der Waals surface area contributed by atoms with Crippen LogP contribution in [0, 0.1) is 6.07 Å². The second-order valence-corrected chi connectivity index (χ2v) is 4.83. The largest absolute Gasteiger partial charge is 0.0622 e. The van der Waals surface area contributed by atoms with Crippen molar-refractivity contribution in [1.82, 2.24) is 0 Å². The Hall–Kier alpha value is -2.34. The number of rotatable bonds is 3. The van der Waals surface area contributed by atoms with Gasteiger partial charge in [0.15, 0.2) is 0 Å². The zero-order valence-corrected chi connectivity index (χ0v) is 11.6. The summed E-state index contributed by atoms with van der Waals surface area (Å²) in [4.78, 5) is 0. The summed E-state index contributed by atoms with van der Waals surface area (Å²) in [5.41, 5.74) is 6.39. The highest BCUT2D eigenvalue weighted by Crippen LogP contribution is 2.34. The van der Waals surface area contributed by atoms with E-state index in [1.807, 2.05) is 6.07 Å². The van der Waals surface area contributed by atoms with Gasteiger partial charge in [-0.05, 0) is 40.3 Å². The molecule has 1 radical (unpaired) electrons. The van der Waals surface area contributed by atoms with Crippen molar-refractivity contribution in [3.05, 3.63) is 84.4 Å². The third kappa shape index (κ3) is 2.37. The molecule has 97 valence electrons. The maximum Gasteiger partial charge on any atom is -0.00672 e. The number of hydrogen-bond donors (Lipinski definition) is 0. The van der Waals surface area contributed by atoms with Crippen LogP contribution in [0.1, 0.15) is 12.5 Å². The molecule has 3 aromatic rings. The molecular weight excluding hydrogens is 240 g/mol. The van der Waals surface area contributed by atoms with Crippen LogP contribution in [0.4, 0.5) is 0 Å². The summed E-state index contributed by atoms with van der Waals surface area (Å²) in [5.74, 6) is 0. The van der Waals surface area contributed by atoms with E-state index in [0.717, 1.165) is 6.42 Å². The van der Waals surface area contributed by atoms with E-state index >= 15 is 0 Å². The Bertz CT molecular complexity index is 682. The Morgan fingerprint density at radius 3 is 1.95 bits per heavy atom. The first-order valence-electron chi connectivity index (χ1n) is 7.04. The van der Waals surface area contributed by atoms with Gasteiger partial charge >= 0.3 is 0 Å². The molecule has 0 heterocycles. The molecule has 0 amide bonds. The second-order valence-electron chi connectivity index (χ2n) is 4.83. The van der Waals surface area contributed by atoms with Gasteiger partial charge in [-0.2, -0.15) is 0 Å². The Labute approximate surface area is 120 Å². The van der Waals surface area contributed by atoms with Crippen molar-refractivity contribution in [2.75, 3.05) is 0 Å². The smallest absolute Gasteiger partial charge is 0.00672 e. The fourth-order valence-corrected chi connectivity index (χ4v) is 2.62. The first kappa shape index (κ1) is 12.7. The second kappa shape index (κ2) is 5.75. The van der Waals surface area contributed by atoms with Crippen molar-refractivity contribution in [1.29, 1.82) is 0 Å². The van der Waals surface area contributed by atoms with Gasteiger partial charge in [0.25, 0.3) is 0 Å². The van der Waals surface area contributed by atoms with Crippen LogP contribution in [0.15, 0.2) is 72.8 Å². The summed E-state index contributed by atoms with van der Waals surface area (Å²) in [6.45, 7) is 2.19. The summed E-state index contributed by atoms with van der Waals surface area (Å²) in [6.07, 6.45) is 0.991. The third-order valence-corrected chi connectivity index (χ3v) is 3.58. The minimum atomic E-state index is 0.991. The van der Waals surface area contributed by atoms with Gasteiger partial charge in [0, 0.05) is 0 Å². The van der Waals surface area contributed by atoms with E-state index in [1.54, 1.807) is 0 Å². The van der Waals surface area contributed by atoms with E-state index in [2.05, 4.69) is 79.7 Å². The van der Waals surface area contributed by atoms with Crippen LogP contribution >= 0.6 is 0 Å². The summed E-state index contributed by atoms with van der Waals surface area (Å²) >= 11 is 0. The highest BCUT2D eigenvalue weighted by Gasteiger charge is 2.10. The molecule has 0 bridgehead atoms. The molecule has 0 aliphatic heterocycles. The molecule has 0 saturated carbocycles. The van der Waals surface area contributed by atoms with E-state index in [1.165, 1.54) is 27.8 Å². The Morgan fingerprint density at radius 1 is 0.750 bits per heavy atom. The topological polar surface area (TPSA) is 0 Å². The van der Waals surface area contributed by atoms with Crippen LogP contribution < -0.4 is 0 Å². The maximum atomic E-state index is 3.40. The van der Waals surface area contributed by atoms with Crippen LogP contribution in [0.2, 0.25) is 0 Å². The van der Waals surface area contributed by atoms with Gasteiger partial charge in [-0.15, -0.1) is 0 Å². The number of benzene rings is 3.